The van der Waals surface area contributed by atoms with Gasteiger partial charge in [-0.25, -0.2) is 14.0 Å². The molecule has 1 aromatic carbocycles. The van der Waals surface area contributed by atoms with Crippen LogP contribution in [0.2, 0.25) is 5.02 Å². The number of anilines is 1. The number of esters is 1. The van der Waals surface area contributed by atoms with Gasteiger partial charge in [-0.2, -0.15) is 0 Å². The summed E-state index contributed by atoms with van der Waals surface area (Å²) >= 11 is 5.68. The molecule has 0 aromatic heterocycles. The van der Waals surface area contributed by atoms with Crippen molar-refractivity contribution in [2.75, 3.05) is 11.9 Å². The van der Waals surface area contributed by atoms with E-state index in [-0.39, 0.29) is 10.7 Å². The van der Waals surface area contributed by atoms with Gasteiger partial charge in [0.15, 0.2) is 6.10 Å². The van der Waals surface area contributed by atoms with Crippen molar-refractivity contribution in [1.82, 2.24) is 4.90 Å². The van der Waals surface area contributed by atoms with Crippen LogP contribution in [0.25, 0.3) is 0 Å². The van der Waals surface area contributed by atoms with Crippen LogP contribution in [-0.4, -0.2) is 47.2 Å². The van der Waals surface area contributed by atoms with Gasteiger partial charge in [0.05, 0.1) is 5.02 Å². The SMILES string of the molecule is C[C@@H](OC(=O)[C@@H]1CCCN1C(=O)OC(C)(C)C)C(=O)Nc1ccc(F)c(Cl)c1. The van der Waals surface area contributed by atoms with Crippen LogP contribution in [0.15, 0.2) is 18.2 Å². The summed E-state index contributed by atoms with van der Waals surface area (Å²) in [4.78, 5) is 38.3. The van der Waals surface area contributed by atoms with E-state index < -0.39 is 41.5 Å². The van der Waals surface area contributed by atoms with E-state index in [0.29, 0.717) is 19.4 Å². The lowest BCUT2D eigenvalue weighted by atomic mass is 10.2. The average Bonchev–Trinajstić information content (AvgIpc) is 3.06. The minimum absolute atomic E-state index is 0.138. The van der Waals surface area contributed by atoms with Crippen molar-refractivity contribution in [1.29, 1.82) is 0 Å². The molecule has 1 aliphatic rings. The lowest BCUT2D eigenvalue weighted by molar-refractivity contribution is -0.157. The summed E-state index contributed by atoms with van der Waals surface area (Å²) in [6.45, 7) is 7.00. The zero-order chi connectivity index (χ0) is 21.1. The smallest absolute Gasteiger partial charge is 0.411 e. The fraction of sp³-hybridized carbons (Fsp3) is 0.526. The van der Waals surface area contributed by atoms with E-state index in [1.165, 1.54) is 24.0 Å². The van der Waals surface area contributed by atoms with Gasteiger partial charge in [-0.05, 0) is 58.7 Å². The maximum absolute atomic E-state index is 13.2. The molecule has 2 amide bonds. The van der Waals surface area contributed by atoms with E-state index in [1.54, 1.807) is 20.8 Å². The van der Waals surface area contributed by atoms with E-state index in [9.17, 15) is 18.8 Å². The van der Waals surface area contributed by atoms with Gasteiger partial charge in [0.1, 0.15) is 17.5 Å². The van der Waals surface area contributed by atoms with Crippen LogP contribution >= 0.6 is 11.6 Å². The monoisotopic (exact) mass is 414 g/mol. The molecule has 1 fully saturated rings. The van der Waals surface area contributed by atoms with Crippen LogP contribution in [0.1, 0.15) is 40.5 Å². The summed E-state index contributed by atoms with van der Waals surface area (Å²) in [5.41, 5.74) is -0.409. The minimum Gasteiger partial charge on any atom is -0.451 e. The third kappa shape index (κ3) is 5.82. The first-order valence-corrected chi connectivity index (χ1v) is 9.32. The van der Waals surface area contributed by atoms with Crippen LogP contribution < -0.4 is 5.32 Å². The second-order valence-corrected chi connectivity index (χ2v) is 7.94. The molecule has 9 heteroatoms. The number of rotatable bonds is 4. The Kier molecular flexibility index (Phi) is 6.87. The summed E-state index contributed by atoms with van der Waals surface area (Å²) in [5.74, 6) is -1.89. The summed E-state index contributed by atoms with van der Waals surface area (Å²) in [5, 5.41) is 2.36. The number of ether oxygens (including phenoxy) is 2. The summed E-state index contributed by atoms with van der Waals surface area (Å²) in [6.07, 6.45) is -0.643. The summed E-state index contributed by atoms with van der Waals surface area (Å²) < 4.78 is 23.7. The zero-order valence-corrected chi connectivity index (χ0v) is 17.0. The average molecular weight is 415 g/mol. The Labute approximate surface area is 168 Å². The molecule has 1 heterocycles. The number of hydrogen-bond acceptors (Lipinski definition) is 5. The first kappa shape index (κ1) is 21.9. The number of nitrogens with zero attached hydrogens (tertiary/aromatic N) is 1. The molecule has 0 aliphatic carbocycles. The Hall–Kier alpha value is -2.35. The molecule has 0 saturated carbocycles. The zero-order valence-electron chi connectivity index (χ0n) is 16.3. The number of likely N-dealkylation sites (tertiary alicyclic amines) is 1. The first-order valence-electron chi connectivity index (χ1n) is 8.94. The van der Waals surface area contributed by atoms with Gasteiger partial charge >= 0.3 is 12.1 Å². The van der Waals surface area contributed by atoms with E-state index in [1.807, 2.05) is 0 Å². The molecule has 1 aromatic rings. The second kappa shape index (κ2) is 8.77. The molecule has 0 bridgehead atoms. The van der Waals surface area contributed by atoms with Crippen molar-refractivity contribution in [2.45, 2.75) is 58.3 Å². The van der Waals surface area contributed by atoms with Crippen molar-refractivity contribution >= 4 is 35.3 Å². The molecule has 0 spiro atoms. The Morgan fingerprint density at radius 1 is 1.32 bits per heavy atom. The lowest BCUT2D eigenvalue weighted by Crippen LogP contribution is -2.45. The Bertz CT molecular complexity index is 765. The molecular weight excluding hydrogens is 391 g/mol. The third-order valence-electron chi connectivity index (χ3n) is 4.00. The number of carbonyl (C=O) groups excluding carboxylic acids is 3. The first-order chi connectivity index (χ1) is 13.0. The van der Waals surface area contributed by atoms with Crippen molar-refractivity contribution in [2.24, 2.45) is 0 Å². The van der Waals surface area contributed by atoms with Crippen LogP contribution in [0, 0.1) is 5.82 Å². The standard InChI is InChI=1S/C19H24ClFN2O5/c1-11(16(24)22-12-7-8-14(21)13(20)10-12)27-17(25)15-6-5-9-23(15)18(26)28-19(2,3)4/h7-8,10-11,15H,5-6,9H2,1-4H3,(H,22,24)/t11-,15+/m1/s1. The molecule has 1 N–H and O–H groups in total. The maximum Gasteiger partial charge on any atom is 0.411 e. The van der Waals surface area contributed by atoms with E-state index >= 15 is 0 Å². The lowest BCUT2D eigenvalue weighted by Gasteiger charge is -2.28. The molecule has 1 aliphatic heterocycles. The molecular formula is C19H24ClFN2O5. The number of halogens is 2. The number of benzene rings is 1. The van der Waals surface area contributed by atoms with Crippen LogP contribution in [0.4, 0.5) is 14.9 Å². The molecule has 154 valence electrons. The topological polar surface area (TPSA) is 84.9 Å². The van der Waals surface area contributed by atoms with E-state index in [4.69, 9.17) is 21.1 Å². The van der Waals surface area contributed by atoms with Gasteiger partial charge in [0.2, 0.25) is 0 Å². The molecule has 1 saturated heterocycles. The van der Waals surface area contributed by atoms with Gasteiger partial charge < -0.3 is 14.8 Å². The van der Waals surface area contributed by atoms with Crippen molar-refractivity contribution in [3.8, 4) is 0 Å². The number of hydrogen-bond donors (Lipinski definition) is 1. The predicted molar refractivity (Wildman–Crippen MR) is 102 cm³/mol. The molecule has 28 heavy (non-hydrogen) atoms. The third-order valence-corrected chi connectivity index (χ3v) is 4.29. The highest BCUT2D eigenvalue weighted by molar-refractivity contribution is 6.31. The van der Waals surface area contributed by atoms with E-state index in [0.717, 1.165) is 6.07 Å². The number of nitrogens with one attached hydrogen (secondary N) is 1. The number of carbonyl (C=O) groups is 3. The van der Waals surface area contributed by atoms with Crippen molar-refractivity contribution in [3.63, 3.8) is 0 Å². The molecule has 0 radical (unpaired) electrons. The highest BCUT2D eigenvalue weighted by Gasteiger charge is 2.38. The predicted octanol–water partition coefficient (Wildman–Crippen LogP) is 3.75. The van der Waals surface area contributed by atoms with Gasteiger partial charge in [-0.1, -0.05) is 11.6 Å². The van der Waals surface area contributed by atoms with Gasteiger partial charge in [-0.3, -0.25) is 9.69 Å². The Morgan fingerprint density at radius 3 is 2.61 bits per heavy atom. The molecule has 2 atom stereocenters. The number of amides is 2. The van der Waals surface area contributed by atoms with Crippen LogP contribution in [0.5, 0.6) is 0 Å². The second-order valence-electron chi connectivity index (χ2n) is 7.53. The van der Waals surface area contributed by atoms with Crippen LogP contribution in [-0.2, 0) is 19.1 Å². The van der Waals surface area contributed by atoms with Crippen molar-refractivity contribution in [3.05, 3.63) is 29.0 Å². The largest absolute Gasteiger partial charge is 0.451 e. The van der Waals surface area contributed by atoms with Gasteiger partial charge in [0.25, 0.3) is 5.91 Å². The highest BCUT2D eigenvalue weighted by atomic mass is 35.5. The summed E-state index contributed by atoms with van der Waals surface area (Å²) in [7, 11) is 0. The quantitative estimate of drug-likeness (QED) is 0.758. The summed E-state index contributed by atoms with van der Waals surface area (Å²) in [6, 6.07) is 2.91. The fourth-order valence-electron chi connectivity index (χ4n) is 2.67. The van der Waals surface area contributed by atoms with Crippen molar-refractivity contribution < 1.29 is 28.2 Å². The molecule has 2 rings (SSSR count). The maximum atomic E-state index is 13.2. The highest BCUT2D eigenvalue weighted by Crippen LogP contribution is 2.23. The van der Waals surface area contributed by atoms with Crippen LogP contribution in [0.3, 0.4) is 0 Å². The molecule has 0 unspecified atom stereocenters. The minimum atomic E-state index is -1.11. The van der Waals surface area contributed by atoms with E-state index in [2.05, 4.69) is 5.32 Å². The Morgan fingerprint density at radius 2 is 2.00 bits per heavy atom. The fourth-order valence-corrected chi connectivity index (χ4v) is 2.86. The van der Waals surface area contributed by atoms with Gasteiger partial charge in [0, 0.05) is 12.2 Å². The Balaban J connectivity index is 1.95. The van der Waals surface area contributed by atoms with Gasteiger partial charge in [-0.15, -0.1) is 0 Å². The normalized spacial score (nSPS) is 17.8. The molecule has 7 nitrogen and oxygen atoms in total.